The van der Waals surface area contributed by atoms with Gasteiger partial charge >= 0.3 is 6.18 Å². The maximum absolute atomic E-state index is 12.6. The second-order valence-electron chi connectivity index (χ2n) is 5.68. The molecule has 2 aromatic rings. The van der Waals surface area contributed by atoms with Gasteiger partial charge in [-0.25, -0.2) is 0 Å². The number of hydrogen-bond acceptors (Lipinski definition) is 2. The Balaban J connectivity index is 1.93. The van der Waals surface area contributed by atoms with Gasteiger partial charge in [0.05, 0.1) is 17.2 Å². The molecule has 1 N–H and O–H groups in total. The first-order valence-electron chi connectivity index (χ1n) is 7.64. The summed E-state index contributed by atoms with van der Waals surface area (Å²) in [5.74, 6) is 0.252. The molecule has 0 saturated carbocycles. The molecule has 0 aliphatic carbocycles. The van der Waals surface area contributed by atoms with Crippen molar-refractivity contribution in [1.82, 2.24) is 5.32 Å². The Morgan fingerprint density at radius 1 is 1.12 bits per heavy atom. The van der Waals surface area contributed by atoms with Crippen molar-refractivity contribution in [3.8, 4) is 16.9 Å². The summed E-state index contributed by atoms with van der Waals surface area (Å²) in [4.78, 5) is 12.3. The molecule has 0 aromatic heterocycles. The third-order valence-corrected chi connectivity index (χ3v) is 4.04. The van der Waals surface area contributed by atoms with Gasteiger partial charge in [0.15, 0.2) is 0 Å². The van der Waals surface area contributed by atoms with E-state index in [-0.39, 0.29) is 11.9 Å². The first-order chi connectivity index (χ1) is 11.4. The monoisotopic (exact) mass is 335 g/mol. The van der Waals surface area contributed by atoms with Gasteiger partial charge in [-0.1, -0.05) is 25.1 Å². The highest BCUT2D eigenvalue weighted by Crippen LogP contribution is 2.32. The Morgan fingerprint density at radius 2 is 1.79 bits per heavy atom. The fourth-order valence-electron chi connectivity index (χ4n) is 2.58. The molecule has 3 rings (SSSR count). The van der Waals surface area contributed by atoms with Gasteiger partial charge in [-0.3, -0.25) is 4.79 Å². The highest BCUT2D eigenvalue weighted by molar-refractivity contribution is 5.98. The largest absolute Gasteiger partial charge is 0.491 e. The summed E-state index contributed by atoms with van der Waals surface area (Å²) in [6.45, 7) is 2.35. The lowest BCUT2D eigenvalue weighted by molar-refractivity contribution is -0.137. The summed E-state index contributed by atoms with van der Waals surface area (Å²) in [6, 6.07) is 9.87. The molecule has 1 amide bonds. The SMILES string of the molecule is CC[C@@H]1COc2ccc(-c3ccc(C(F)(F)F)cc3)cc2C(=O)N1. The highest BCUT2D eigenvalue weighted by Gasteiger charge is 2.30. The zero-order chi connectivity index (χ0) is 17.3. The van der Waals surface area contributed by atoms with E-state index in [1.165, 1.54) is 12.1 Å². The van der Waals surface area contributed by atoms with E-state index in [0.717, 1.165) is 18.6 Å². The maximum Gasteiger partial charge on any atom is 0.416 e. The van der Waals surface area contributed by atoms with Crippen LogP contribution in [0.3, 0.4) is 0 Å². The fourth-order valence-corrected chi connectivity index (χ4v) is 2.58. The van der Waals surface area contributed by atoms with E-state index >= 15 is 0 Å². The molecular weight excluding hydrogens is 319 g/mol. The van der Waals surface area contributed by atoms with Gasteiger partial charge in [0.2, 0.25) is 0 Å². The van der Waals surface area contributed by atoms with Crippen LogP contribution in [0.4, 0.5) is 13.2 Å². The lowest BCUT2D eigenvalue weighted by Gasteiger charge is -2.11. The van der Waals surface area contributed by atoms with E-state index in [1.54, 1.807) is 18.2 Å². The predicted octanol–water partition coefficient (Wildman–Crippen LogP) is 4.27. The quantitative estimate of drug-likeness (QED) is 0.890. The molecule has 6 heteroatoms. The molecule has 3 nitrogen and oxygen atoms in total. The molecule has 2 aromatic carbocycles. The molecule has 1 aliphatic rings. The number of fused-ring (bicyclic) bond motifs is 1. The maximum atomic E-state index is 12.6. The number of nitrogens with one attached hydrogen (secondary N) is 1. The van der Waals surface area contributed by atoms with Gasteiger partial charge in [-0.2, -0.15) is 13.2 Å². The molecule has 0 unspecified atom stereocenters. The Morgan fingerprint density at radius 3 is 2.42 bits per heavy atom. The molecule has 0 fully saturated rings. The first-order valence-corrected chi connectivity index (χ1v) is 7.64. The van der Waals surface area contributed by atoms with Crippen molar-refractivity contribution in [1.29, 1.82) is 0 Å². The molecule has 24 heavy (non-hydrogen) atoms. The molecule has 0 saturated heterocycles. The number of carbonyl (C=O) groups is 1. The summed E-state index contributed by atoms with van der Waals surface area (Å²) < 4.78 is 43.6. The van der Waals surface area contributed by atoms with Crippen molar-refractivity contribution >= 4 is 5.91 Å². The number of amides is 1. The minimum Gasteiger partial charge on any atom is -0.491 e. The number of halogens is 3. The van der Waals surface area contributed by atoms with Crippen LogP contribution < -0.4 is 10.1 Å². The standard InChI is InChI=1S/C18H16F3NO2/c1-2-14-10-24-16-8-5-12(9-15(16)17(23)22-14)11-3-6-13(7-4-11)18(19,20)21/h3-9,14H,2,10H2,1H3,(H,22,23)/t14-/m1/s1. The van der Waals surface area contributed by atoms with Crippen LogP contribution in [0, 0.1) is 0 Å². The Hall–Kier alpha value is -2.50. The van der Waals surface area contributed by atoms with Gasteiger partial charge in [-0.15, -0.1) is 0 Å². The van der Waals surface area contributed by atoms with Crippen LogP contribution in [0.2, 0.25) is 0 Å². The van der Waals surface area contributed by atoms with E-state index in [9.17, 15) is 18.0 Å². The molecule has 0 bridgehead atoms. The van der Waals surface area contributed by atoms with Gasteiger partial charge in [0, 0.05) is 0 Å². The number of benzene rings is 2. The summed E-state index contributed by atoms with van der Waals surface area (Å²) in [5.41, 5.74) is 0.960. The van der Waals surface area contributed by atoms with Crippen LogP contribution in [0.1, 0.15) is 29.3 Å². The number of rotatable bonds is 2. The van der Waals surface area contributed by atoms with Crippen LogP contribution in [0.5, 0.6) is 5.75 Å². The number of alkyl halides is 3. The van der Waals surface area contributed by atoms with Gasteiger partial charge in [-0.05, 0) is 41.8 Å². The van der Waals surface area contributed by atoms with Gasteiger partial charge in [0.25, 0.3) is 5.91 Å². The fraction of sp³-hybridized carbons (Fsp3) is 0.278. The highest BCUT2D eigenvalue weighted by atomic mass is 19.4. The van der Waals surface area contributed by atoms with Crippen LogP contribution in [0.25, 0.3) is 11.1 Å². The topological polar surface area (TPSA) is 38.3 Å². The Bertz CT molecular complexity index is 754. The first kappa shape index (κ1) is 16.4. The second-order valence-corrected chi connectivity index (χ2v) is 5.68. The van der Waals surface area contributed by atoms with Gasteiger partial charge in [0.1, 0.15) is 12.4 Å². The van der Waals surface area contributed by atoms with Crippen molar-refractivity contribution in [2.45, 2.75) is 25.6 Å². The van der Waals surface area contributed by atoms with E-state index in [2.05, 4.69) is 5.32 Å². The normalized spacial score (nSPS) is 17.5. The van der Waals surface area contributed by atoms with Crippen molar-refractivity contribution in [2.75, 3.05) is 6.61 Å². The van der Waals surface area contributed by atoms with E-state index < -0.39 is 11.7 Å². The summed E-state index contributed by atoms with van der Waals surface area (Å²) in [5, 5.41) is 2.88. The molecular formula is C18H16F3NO2. The Labute approximate surface area is 137 Å². The minimum absolute atomic E-state index is 0.0561. The lowest BCUT2D eigenvalue weighted by Crippen LogP contribution is -2.35. The van der Waals surface area contributed by atoms with Crippen molar-refractivity contribution < 1.29 is 22.7 Å². The van der Waals surface area contributed by atoms with Crippen molar-refractivity contribution in [2.24, 2.45) is 0 Å². The van der Waals surface area contributed by atoms with Crippen molar-refractivity contribution in [3.63, 3.8) is 0 Å². The average Bonchev–Trinajstić information content (AvgIpc) is 2.73. The summed E-state index contributed by atoms with van der Waals surface area (Å²) in [7, 11) is 0. The summed E-state index contributed by atoms with van der Waals surface area (Å²) >= 11 is 0. The second kappa shape index (κ2) is 6.19. The van der Waals surface area contributed by atoms with Crippen LogP contribution in [-0.2, 0) is 6.18 Å². The molecule has 1 atom stereocenters. The lowest BCUT2D eigenvalue weighted by atomic mass is 10.0. The molecule has 1 heterocycles. The number of carbonyl (C=O) groups excluding carboxylic acids is 1. The van der Waals surface area contributed by atoms with Gasteiger partial charge < -0.3 is 10.1 Å². The summed E-state index contributed by atoms with van der Waals surface area (Å²) in [6.07, 6.45) is -3.61. The van der Waals surface area contributed by atoms with Crippen LogP contribution in [0.15, 0.2) is 42.5 Å². The number of hydrogen-bond donors (Lipinski definition) is 1. The molecule has 0 radical (unpaired) electrons. The zero-order valence-electron chi connectivity index (χ0n) is 13.0. The zero-order valence-corrected chi connectivity index (χ0v) is 13.0. The smallest absolute Gasteiger partial charge is 0.416 e. The van der Waals surface area contributed by atoms with E-state index in [0.29, 0.717) is 29.0 Å². The molecule has 126 valence electrons. The van der Waals surface area contributed by atoms with Crippen molar-refractivity contribution in [3.05, 3.63) is 53.6 Å². The average molecular weight is 335 g/mol. The molecule has 0 spiro atoms. The van der Waals surface area contributed by atoms with E-state index in [1.807, 2.05) is 6.92 Å². The molecule has 1 aliphatic heterocycles. The third-order valence-electron chi connectivity index (χ3n) is 4.04. The Kier molecular flexibility index (Phi) is 4.22. The minimum atomic E-state index is -4.37. The number of ether oxygens (including phenoxy) is 1. The predicted molar refractivity (Wildman–Crippen MR) is 83.9 cm³/mol. The van der Waals surface area contributed by atoms with Crippen LogP contribution >= 0.6 is 0 Å². The van der Waals surface area contributed by atoms with E-state index in [4.69, 9.17) is 4.74 Å². The van der Waals surface area contributed by atoms with Crippen LogP contribution in [-0.4, -0.2) is 18.6 Å². The third kappa shape index (κ3) is 3.22.